The van der Waals surface area contributed by atoms with E-state index in [1.165, 1.54) is 18.1 Å². The molecule has 3 amide bonds. The van der Waals surface area contributed by atoms with Crippen LogP contribution in [0.25, 0.3) is 0 Å². The number of amides is 3. The molecule has 0 spiro atoms. The minimum absolute atomic E-state index is 0.0538. The zero-order valence-electron chi connectivity index (χ0n) is 17.3. The van der Waals surface area contributed by atoms with Crippen molar-refractivity contribution in [1.29, 1.82) is 0 Å². The Hall–Kier alpha value is -3.48. The fourth-order valence-electron chi connectivity index (χ4n) is 4.22. The number of rotatable bonds is 5. The van der Waals surface area contributed by atoms with Crippen molar-refractivity contribution < 1.29 is 23.9 Å². The summed E-state index contributed by atoms with van der Waals surface area (Å²) in [5, 5.41) is 2.78. The number of fused-ring (bicyclic) bond motifs is 1. The lowest BCUT2D eigenvalue weighted by molar-refractivity contribution is -0.139. The summed E-state index contributed by atoms with van der Waals surface area (Å²) < 4.78 is 4.64. The lowest BCUT2D eigenvalue weighted by atomic mass is 9.94. The minimum atomic E-state index is -0.375. The van der Waals surface area contributed by atoms with Crippen molar-refractivity contribution in [2.45, 2.75) is 44.6 Å². The Kier molecular flexibility index (Phi) is 5.84. The van der Waals surface area contributed by atoms with Crippen molar-refractivity contribution in [2.75, 3.05) is 12.4 Å². The molecule has 1 aliphatic carbocycles. The average Bonchev–Trinajstić information content (AvgIpc) is 3.05. The van der Waals surface area contributed by atoms with Crippen molar-refractivity contribution in [3.8, 4) is 0 Å². The third-order valence-electron chi connectivity index (χ3n) is 5.91. The number of hydrogen-bond donors (Lipinski definition) is 1. The van der Waals surface area contributed by atoms with Gasteiger partial charge in [0.15, 0.2) is 0 Å². The van der Waals surface area contributed by atoms with Crippen LogP contribution in [0, 0.1) is 0 Å². The predicted octanol–water partition coefficient (Wildman–Crippen LogP) is 3.58. The first-order chi connectivity index (χ1) is 15.0. The van der Waals surface area contributed by atoms with Gasteiger partial charge in [-0.2, -0.15) is 0 Å². The molecule has 7 heteroatoms. The van der Waals surface area contributed by atoms with Gasteiger partial charge >= 0.3 is 5.97 Å². The zero-order valence-corrected chi connectivity index (χ0v) is 17.3. The van der Waals surface area contributed by atoms with Crippen LogP contribution in [0.2, 0.25) is 0 Å². The van der Waals surface area contributed by atoms with Gasteiger partial charge in [-0.05, 0) is 48.7 Å². The topological polar surface area (TPSA) is 92.8 Å². The van der Waals surface area contributed by atoms with Crippen LogP contribution in [-0.2, 0) is 16.0 Å². The van der Waals surface area contributed by atoms with E-state index in [0.29, 0.717) is 16.8 Å². The summed E-state index contributed by atoms with van der Waals surface area (Å²) in [7, 11) is 1.33. The molecule has 1 fully saturated rings. The van der Waals surface area contributed by atoms with Gasteiger partial charge in [0.1, 0.15) is 0 Å². The van der Waals surface area contributed by atoms with Gasteiger partial charge in [0.2, 0.25) is 0 Å². The number of anilines is 1. The number of esters is 1. The number of benzene rings is 2. The molecule has 0 unspecified atom stereocenters. The summed E-state index contributed by atoms with van der Waals surface area (Å²) in [5.74, 6) is -1.29. The summed E-state index contributed by atoms with van der Waals surface area (Å²) in [6.07, 6.45) is 5.00. The van der Waals surface area contributed by atoms with Crippen molar-refractivity contribution in [3.05, 3.63) is 64.7 Å². The molecule has 1 aliphatic heterocycles. The van der Waals surface area contributed by atoms with Gasteiger partial charge in [0.25, 0.3) is 17.7 Å². The molecule has 31 heavy (non-hydrogen) atoms. The van der Waals surface area contributed by atoms with E-state index < -0.39 is 0 Å². The Morgan fingerprint density at radius 1 is 0.968 bits per heavy atom. The summed E-state index contributed by atoms with van der Waals surface area (Å²) in [4.78, 5) is 51.1. The smallest absolute Gasteiger partial charge is 0.309 e. The van der Waals surface area contributed by atoms with E-state index in [9.17, 15) is 19.2 Å². The van der Waals surface area contributed by atoms with Crippen LogP contribution in [0.1, 0.15) is 68.7 Å². The van der Waals surface area contributed by atoms with E-state index in [-0.39, 0.29) is 41.7 Å². The molecule has 1 heterocycles. The number of ether oxygens (including phenoxy) is 1. The number of nitrogens with zero attached hydrogens (tertiary/aromatic N) is 1. The molecule has 1 saturated carbocycles. The second-order valence-corrected chi connectivity index (χ2v) is 7.94. The zero-order chi connectivity index (χ0) is 22.0. The number of hydrogen-bond acceptors (Lipinski definition) is 5. The summed E-state index contributed by atoms with van der Waals surface area (Å²) in [6.45, 7) is 0. The maximum Gasteiger partial charge on any atom is 0.309 e. The van der Waals surface area contributed by atoms with Gasteiger partial charge in [0, 0.05) is 17.3 Å². The van der Waals surface area contributed by atoms with Crippen LogP contribution in [0.3, 0.4) is 0 Å². The first-order valence-electron chi connectivity index (χ1n) is 10.5. The van der Waals surface area contributed by atoms with E-state index in [4.69, 9.17) is 0 Å². The monoisotopic (exact) mass is 420 g/mol. The molecule has 2 aromatic rings. The number of carbonyl (C=O) groups excluding carboxylic acids is 4. The molecule has 1 N–H and O–H groups in total. The molecule has 0 aromatic heterocycles. The largest absolute Gasteiger partial charge is 0.469 e. The molecule has 2 aliphatic rings. The van der Waals surface area contributed by atoms with Gasteiger partial charge < -0.3 is 10.1 Å². The molecule has 0 atom stereocenters. The molecule has 7 nitrogen and oxygen atoms in total. The summed E-state index contributed by atoms with van der Waals surface area (Å²) in [5.41, 5.74) is 2.29. The summed E-state index contributed by atoms with van der Waals surface area (Å²) in [6, 6.07) is 11.4. The van der Waals surface area contributed by atoms with Crippen molar-refractivity contribution in [3.63, 3.8) is 0 Å². The van der Waals surface area contributed by atoms with E-state index >= 15 is 0 Å². The highest BCUT2D eigenvalue weighted by Crippen LogP contribution is 2.31. The third-order valence-corrected chi connectivity index (χ3v) is 5.91. The predicted molar refractivity (Wildman–Crippen MR) is 114 cm³/mol. The van der Waals surface area contributed by atoms with Crippen molar-refractivity contribution in [1.82, 2.24) is 4.90 Å². The number of imide groups is 1. The van der Waals surface area contributed by atoms with Gasteiger partial charge in [-0.3, -0.25) is 24.1 Å². The van der Waals surface area contributed by atoms with Crippen molar-refractivity contribution >= 4 is 29.4 Å². The Balaban J connectivity index is 1.48. The Bertz CT molecular complexity index is 1040. The number of carbonyl (C=O) groups is 4. The highest BCUT2D eigenvalue weighted by Gasteiger charge is 2.40. The Morgan fingerprint density at radius 2 is 1.65 bits per heavy atom. The Labute approximate surface area is 180 Å². The molecule has 160 valence electrons. The highest BCUT2D eigenvalue weighted by molar-refractivity contribution is 6.22. The lowest BCUT2D eigenvalue weighted by Gasteiger charge is -2.29. The standard InChI is InChI=1S/C24H24N2O5/c1-31-21(27)13-15-7-10-17(11-8-15)25-22(28)16-9-12-19-20(14-16)24(30)26(23(19)29)18-5-3-2-4-6-18/h7-12,14,18H,2-6,13H2,1H3,(H,25,28). The molecular weight excluding hydrogens is 396 g/mol. The van der Waals surface area contributed by atoms with Crippen LogP contribution >= 0.6 is 0 Å². The molecule has 0 saturated heterocycles. The maximum atomic E-state index is 12.9. The van der Waals surface area contributed by atoms with Crippen LogP contribution in [0.15, 0.2) is 42.5 Å². The maximum absolute atomic E-state index is 12.9. The summed E-state index contributed by atoms with van der Waals surface area (Å²) >= 11 is 0. The van der Waals surface area contributed by atoms with Crippen LogP contribution in [0.4, 0.5) is 5.69 Å². The number of nitrogens with one attached hydrogen (secondary N) is 1. The van der Waals surface area contributed by atoms with Crippen molar-refractivity contribution in [2.24, 2.45) is 0 Å². The fraction of sp³-hybridized carbons (Fsp3) is 0.333. The fourth-order valence-corrected chi connectivity index (χ4v) is 4.22. The minimum Gasteiger partial charge on any atom is -0.469 e. The molecule has 0 radical (unpaired) electrons. The molecule has 4 rings (SSSR count). The van der Waals surface area contributed by atoms with Gasteiger partial charge in [0.05, 0.1) is 24.7 Å². The van der Waals surface area contributed by atoms with E-state index in [2.05, 4.69) is 10.1 Å². The average molecular weight is 420 g/mol. The second kappa shape index (κ2) is 8.71. The molecule has 0 bridgehead atoms. The van der Waals surface area contributed by atoms with E-state index in [1.807, 2.05) is 0 Å². The third kappa shape index (κ3) is 4.21. The Morgan fingerprint density at radius 3 is 2.32 bits per heavy atom. The lowest BCUT2D eigenvalue weighted by Crippen LogP contribution is -2.40. The van der Waals surface area contributed by atoms with Crippen LogP contribution < -0.4 is 5.32 Å². The van der Waals surface area contributed by atoms with Gasteiger partial charge in [-0.15, -0.1) is 0 Å². The van der Waals surface area contributed by atoms with Crippen LogP contribution in [-0.4, -0.2) is 41.7 Å². The van der Waals surface area contributed by atoms with E-state index in [1.54, 1.807) is 36.4 Å². The van der Waals surface area contributed by atoms with Gasteiger partial charge in [-0.25, -0.2) is 0 Å². The molecule has 2 aromatic carbocycles. The first kappa shape index (κ1) is 20.8. The first-order valence-corrected chi connectivity index (χ1v) is 10.5. The SMILES string of the molecule is COC(=O)Cc1ccc(NC(=O)c2ccc3c(c2)C(=O)N(C2CCCCC2)C3=O)cc1. The normalized spacial score (nSPS) is 16.2. The van der Waals surface area contributed by atoms with Gasteiger partial charge in [-0.1, -0.05) is 31.4 Å². The molecular formula is C24H24N2O5. The quantitative estimate of drug-likeness (QED) is 0.590. The highest BCUT2D eigenvalue weighted by atomic mass is 16.5. The van der Waals surface area contributed by atoms with Crippen LogP contribution in [0.5, 0.6) is 0 Å². The number of methoxy groups -OCH3 is 1. The second-order valence-electron chi connectivity index (χ2n) is 7.94. The van der Waals surface area contributed by atoms with E-state index in [0.717, 1.165) is 37.7 Å².